The van der Waals surface area contributed by atoms with Crippen molar-refractivity contribution in [3.05, 3.63) is 58.5 Å². The normalized spacial score (nSPS) is 20.2. The number of ether oxygens (including phenoxy) is 1. The van der Waals surface area contributed by atoms with Crippen LogP contribution in [0.4, 0.5) is 5.69 Å². The van der Waals surface area contributed by atoms with Gasteiger partial charge in [-0.05, 0) is 36.6 Å². The average molecular weight is 381 g/mol. The maximum absolute atomic E-state index is 12.9. The van der Waals surface area contributed by atoms with Gasteiger partial charge >= 0.3 is 0 Å². The third kappa shape index (κ3) is 3.65. The number of amides is 2. The molecule has 0 spiro atoms. The zero-order valence-electron chi connectivity index (χ0n) is 15.8. The largest absolute Gasteiger partial charge is 0.484 e. The van der Waals surface area contributed by atoms with Crippen molar-refractivity contribution in [1.82, 2.24) is 9.47 Å². The van der Waals surface area contributed by atoms with Gasteiger partial charge in [-0.15, -0.1) is 0 Å². The maximum Gasteiger partial charge on any atom is 0.274 e. The molecule has 2 amide bonds. The lowest BCUT2D eigenvalue weighted by molar-refractivity contribution is -0.131. The predicted molar refractivity (Wildman–Crippen MR) is 104 cm³/mol. The summed E-state index contributed by atoms with van der Waals surface area (Å²) >= 11 is 0. The minimum Gasteiger partial charge on any atom is -0.484 e. The summed E-state index contributed by atoms with van der Waals surface area (Å²) < 4.78 is 7.18. The van der Waals surface area contributed by atoms with E-state index in [1.807, 2.05) is 29.2 Å². The Kier molecular flexibility index (Phi) is 4.90. The van der Waals surface area contributed by atoms with Gasteiger partial charge in [-0.25, -0.2) is 0 Å². The minimum atomic E-state index is -0.375. The van der Waals surface area contributed by atoms with Crippen LogP contribution >= 0.6 is 0 Å². The number of hydrogen-bond acceptors (Lipinski definition) is 4. The fraction of sp³-hybridized carbons (Fsp3) is 0.381. The molecule has 2 bridgehead atoms. The first-order valence-corrected chi connectivity index (χ1v) is 9.48. The number of hydrogen-bond donors (Lipinski definition) is 1. The van der Waals surface area contributed by atoms with E-state index in [1.54, 1.807) is 29.7 Å². The molecule has 0 aliphatic carbocycles. The number of nitrogens with one attached hydrogen (secondary N) is 1. The second kappa shape index (κ2) is 7.50. The van der Waals surface area contributed by atoms with Gasteiger partial charge in [0, 0.05) is 38.2 Å². The number of para-hydroxylation sites is 1. The van der Waals surface area contributed by atoms with Gasteiger partial charge in [0.1, 0.15) is 11.4 Å². The fourth-order valence-electron chi connectivity index (χ4n) is 4.15. The number of nitrogens with zero attached hydrogens (tertiary/aromatic N) is 2. The summed E-state index contributed by atoms with van der Waals surface area (Å²) in [7, 11) is 0. The number of aromatic nitrogens is 1. The molecule has 3 heterocycles. The molecule has 2 aliphatic rings. The smallest absolute Gasteiger partial charge is 0.274 e. The van der Waals surface area contributed by atoms with E-state index in [1.165, 1.54) is 0 Å². The molecule has 1 saturated heterocycles. The summed E-state index contributed by atoms with van der Waals surface area (Å²) in [4.78, 5) is 38.7. The highest BCUT2D eigenvalue weighted by Crippen LogP contribution is 2.35. The molecule has 0 saturated carbocycles. The third-order valence-electron chi connectivity index (χ3n) is 5.44. The van der Waals surface area contributed by atoms with Crippen LogP contribution in [0, 0.1) is 5.92 Å². The number of anilines is 1. The van der Waals surface area contributed by atoms with E-state index in [4.69, 9.17) is 4.74 Å². The second-order valence-corrected chi connectivity index (χ2v) is 7.46. The van der Waals surface area contributed by atoms with Crippen molar-refractivity contribution >= 4 is 17.5 Å². The molecule has 2 atom stereocenters. The Bertz CT molecular complexity index is 954. The summed E-state index contributed by atoms with van der Waals surface area (Å²) in [6.45, 7) is 3.31. The maximum atomic E-state index is 12.9. The molecular weight excluding hydrogens is 358 g/mol. The van der Waals surface area contributed by atoms with Gasteiger partial charge in [0.25, 0.3) is 11.5 Å². The monoisotopic (exact) mass is 381 g/mol. The lowest BCUT2D eigenvalue weighted by atomic mass is 9.83. The number of pyridine rings is 1. The topological polar surface area (TPSA) is 80.6 Å². The quantitative estimate of drug-likeness (QED) is 0.876. The molecule has 0 radical (unpaired) electrons. The van der Waals surface area contributed by atoms with Crippen molar-refractivity contribution in [3.8, 4) is 5.75 Å². The standard InChI is InChI=1S/C21H23N3O4/c1-14(25)23-10-15-9-16(12-23)19-8-7-18(21(27)24(19)11-15)22-20(26)13-28-17-5-3-2-4-6-17/h2-8,15-16H,9-13H2,1H3,(H,22,26). The van der Waals surface area contributed by atoms with E-state index in [-0.39, 0.29) is 41.5 Å². The predicted octanol–water partition coefficient (Wildman–Crippen LogP) is 1.83. The van der Waals surface area contributed by atoms with Gasteiger partial charge in [0.15, 0.2) is 6.61 Å². The van der Waals surface area contributed by atoms with Gasteiger partial charge in [0.2, 0.25) is 5.91 Å². The third-order valence-corrected chi connectivity index (χ3v) is 5.44. The van der Waals surface area contributed by atoms with Gasteiger partial charge in [-0.3, -0.25) is 14.4 Å². The highest BCUT2D eigenvalue weighted by Gasteiger charge is 2.35. The van der Waals surface area contributed by atoms with Crippen LogP contribution in [-0.4, -0.2) is 41.0 Å². The van der Waals surface area contributed by atoms with Crippen molar-refractivity contribution < 1.29 is 14.3 Å². The molecule has 2 aliphatic heterocycles. The van der Waals surface area contributed by atoms with Crippen molar-refractivity contribution in [2.24, 2.45) is 5.92 Å². The molecule has 7 heteroatoms. The Morgan fingerprint density at radius 3 is 2.64 bits per heavy atom. The molecule has 1 N–H and O–H groups in total. The lowest BCUT2D eigenvalue weighted by Crippen LogP contribution is -2.48. The Balaban J connectivity index is 1.48. The first kappa shape index (κ1) is 18.3. The van der Waals surface area contributed by atoms with Gasteiger partial charge in [-0.2, -0.15) is 0 Å². The Labute approximate surface area is 162 Å². The number of piperidine rings is 1. The number of benzene rings is 1. The molecule has 7 nitrogen and oxygen atoms in total. The van der Waals surface area contributed by atoms with Crippen LogP contribution in [0.25, 0.3) is 0 Å². The molecule has 28 heavy (non-hydrogen) atoms. The number of fused-ring (bicyclic) bond motifs is 4. The summed E-state index contributed by atoms with van der Waals surface area (Å²) in [6, 6.07) is 12.6. The van der Waals surface area contributed by atoms with Crippen LogP contribution in [0.5, 0.6) is 5.75 Å². The van der Waals surface area contributed by atoms with Crippen LogP contribution in [0.1, 0.15) is 25.0 Å². The molecule has 146 valence electrons. The zero-order chi connectivity index (χ0) is 19.7. The second-order valence-electron chi connectivity index (χ2n) is 7.46. The first-order valence-electron chi connectivity index (χ1n) is 9.48. The number of rotatable bonds is 4. The molecule has 2 aromatic rings. The highest BCUT2D eigenvalue weighted by atomic mass is 16.5. The first-order chi connectivity index (χ1) is 13.5. The van der Waals surface area contributed by atoms with Gasteiger partial charge < -0.3 is 19.5 Å². The van der Waals surface area contributed by atoms with Crippen LogP contribution in [0.3, 0.4) is 0 Å². The summed E-state index contributed by atoms with van der Waals surface area (Å²) in [5.41, 5.74) is 0.996. The fourth-order valence-corrected chi connectivity index (χ4v) is 4.15. The van der Waals surface area contributed by atoms with Crippen molar-refractivity contribution in [2.45, 2.75) is 25.8 Å². The highest BCUT2D eigenvalue weighted by molar-refractivity contribution is 5.91. The van der Waals surface area contributed by atoms with E-state index in [2.05, 4.69) is 5.32 Å². The van der Waals surface area contributed by atoms with Crippen LogP contribution < -0.4 is 15.6 Å². The Hall–Kier alpha value is -3.09. The Morgan fingerprint density at radius 2 is 1.89 bits per heavy atom. The lowest BCUT2D eigenvalue weighted by Gasteiger charge is -2.42. The minimum absolute atomic E-state index is 0.0767. The van der Waals surface area contributed by atoms with E-state index in [0.717, 1.165) is 12.1 Å². The summed E-state index contributed by atoms with van der Waals surface area (Å²) in [5, 5.41) is 2.66. The van der Waals surface area contributed by atoms with Crippen molar-refractivity contribution in [1.29, 1.82) is 0 Å². The van der Waals surface area contributed by atoms with E-state index in [0.29, 0.717) is 25.4 Å². The Morgan fingerprint density at radius 1 is 1.11 bits per heavy atom. The van der Waals surface area contributed by atoms with Crippen LogP contribution in [-0.2, 0) is 16.1 Å². The van der Waals surface area contributed by atoms with Gasteiger partial charge in [0.05, 0.1) is 0 Å². The van der Waals surface area contributed by atoms with Gasteiger partial charge in [-0.1, -0.05) is 18.2 Å². The van der Waals surface area contributed by atoms with Crippen LogP contribution in [0.15, 0.2) is 47.3 Å². The molecule has 1 aromatic heterocycles. The van der Waals surface area contributed by atoms with Crippen molar-refractivity contribution in [3.63, 3.8) is 0 Å². The molecule has 1 fully saturated rings. The number of carbonyl (C=O) groups excluding carboxylic acids is 2. The van der Waals surface area contributed by atoms with E-state index >= 15 is 0 Å². The molecule has 4 rings (SSSR count). The molecular formula is C21H23N3O4. The molecule has 1 aromatic carbocycles. The summed E-state index contributed by atoms with van der Waals surface area (Å²) in [6.07, 6.45) is 0.986. The van der Waals surface area contributed by atoms with E-state index in [9.17, 15) is 14.4 Å². The SMILES string of the molecule is CC(=O)N1CC2CC(C1)c1ccc(NC(=O)COc3ccccc3)c(=O)n1C2. The van der Waals surface area contributed by atoms with E-state index < -0.39 is 0 Å². The van der Waals surface area contributed by atoms with Crippen molar-refractivity contribution in [2.75, 3.05) is 25.0 Å². The summed E-state index contributed by atoms with van der Waals surface area (Å²) in [5.74, 6) is 0.728. The zero-order valence-corrected chi connectivity index (χ0v) is 15.8. The molecule has 2 unspecified atom stereocenters. The number of likely N-dealkylation sites (tertiary alicyclic amines) is 1. The van der Waals surface area contributed by atoms with Crippen LogP contribution in [0.2, 0.25) is 0 Å². The number of carbonyl (C=O) groups is 2. The average Bonchev–Trinajstić information content (AvgIpc) is 2.69.